The van der Waals surface area contributed by atoms with E-state index in [2.05, 4.69) is 10.1 Å². The lowest BCUT2D eigenvalue weighted by molar-refractivity contribution is -0.405. The van der Waals surface area contributed by atoms with Crippen LogP contribution in [0.1, 0.15) is 169 Å². The minimum atomic E-state index is -4.22. The molecule has 534 valence electrons. The zero-order valence-corrected chi connectivity index (χ0v) is 60.2. The standard InChI is InChI=1S/C67H115F4N9O13/c1-25-46-32-53(83)56(57(84)42(14)26-27-80-34-66(68,69)93-67(70,71)35-80)79(24)65(92)55(41(12)13)78(23)63(90)50(30-38(6)7)76(21)64(91)54(40(10)11)77(22)59(86)44(16)72-58(85)43(15)31-51(81)48(28-36(2)3)75(20)62(89)47(39(8)9)33-52(82)49(29-37(4)5)74(19)60(87)45(17)73(18)61(46)88/h36-50,54-57,84H,25-35H2,1-24H3,(H,72,85)/t42-,43+,44+,45-,46+,47-,48-,49+,50-,54?,55-,56+,57-/m1/s1. The highest BCUT2D eigenvalue weighted by molar-refractivity contribution is 6.00. The maximum atomic E-state index is 15.3. The number of aliphatic hydroxyl groups is 1. The van der Waals surface area contributed by atoms with Gasteiger partial charge in [-0.15, -0.1) is 0 Å². The largest absolute Gasteiger partial charge is 0.390 e. The summed E-state index contributed by atoms with van der Waals surface area (Å²) < 4.78 is 61.2. The van der Waals surface area contributed by atoms with Crippen molar-refractivity contribution in [1.29, 1.82) is 0 Å². The Morgan fingerprint density at radius 1 is 0.484 bits per heavy atom. The van der Waals surface area contributed by atoms with Gasteiger partial charge < -0.3 is 44.7 Å². The number of carbonyl (C=O) groups excluding carboxylic acids is 11. The Labute approximate surface area is 551 Å². The lowest BCUT2D eigenvalue weighted by Crippen LogP contribution is -2.62. The second-order valence-electron chi connectivity index (χ2n) is 29.0. The van der Waals surface area contributed by atoms with Gasteiger partial charge in [-0.1, -0.05) is 104 Å². The van der Waals surface area contributed by atoms with Gasteiger partial charge in [-0.3, -0.25) is 62.4 Å². The molecule has 26 heteroatoms. The number of rotatable bonds is 15. The van der Waals surface area contributed by atoms with Gasteiger partial charge in [-0.25, -0.2) is 0 Å². The van der Waals surface area contributed by atoms with Gasteiger partial charge in [0.2, 0.25) is 47.3 Å². The number of ether oxygens (including phenoxy) is 1. The molecule has 0 saturated carbocycles. The van der Waals surface area contributed by atoms with Crippen LogP contribution in [0.2, 0.25) is 0 Å². The fourth-order valence-electron chi connectivity index (χ4n) is 12.8. The average molecular weight is 1330 g/mol. The van der Waals surface area contributed by atoms with Crippen molar-refractivity contribution in [1.82, 2.24) is 44.5 Å². The fourth-order valence-corrected chi connectivity index (χ4v) is 12.8. The van der Waals surface area contributed by atoms with Crippen LogP contribution in [-0.2, 0) is 57.5 Å². The molecule has 0 spiro atoms. The molecule has 0 aromatic heterocycles. The van der Waals surface area contributed by atoms with Gasteiger partial charge in [0.05, 0.1) is 31.3 Å². The third-order valence-electron chi connectivity index (χ3n) is 18.7. The maximum Gasteiger partial charge on any atom is 0.372 e. The first-order valence-corrected chi connectivity index (χ1v) is 33.2. The molecular formula is C67H115F4N9O13. The first-order valence-electron chi connectivity index (χ1n) is 33.2. The molecule has 0 aromatic carbocycles. The predicted molar refractivity (Wildman–Crippen MR) is 345 cm³/mol. The Morgan fingerprint density at radius 3 is 1.33 bits per heavy atom. The van der Waals surface area contributed by atoms with Crippen molar-refractivity contribution < 1.29 is 80.1 Å². The molecule has 2 fully saturated rings. The van der Waals surface area contributed by atoms with Crippen molar-refractivity contribution in [3.63, 3.8) is 0 Å². The molecule has 8 amide bonds. The van der Waals surface area contributed by atoms with Crippen LogP contribution in [0.5, 0.6) is 0 Å². The van der Waals surface area contributed by atoms with Crippen molar-refractivity contribution in [2.45, 2.75) is 236 Å². The highest BCUT2D eigenvalue weighted by Crippen LogP contribution is 2.35. The number of halogens is 4. The third-order valence-corrected chi connectivity index (χ3v) is 18.7. The molecule has 22 nitrogen and oxygen atoms in total. The predicted octanol–water partition coefficient (Wildman–Crippen LogP) is 6.48. The molecule has 93 heavy (non-hydrogen) atoms. The van der Waals surface area contributed by atoms with E-state index in [1.54, 1.807) is 48.5 Å². The summed E-state index contributed by atoms with van der Waals surface area (Å²) in [6, 6.07) is -10.3. The molecule has 0 radical (unpaired) electrons. The van der Waals surface area contributed by atoms with Crippen LogP contribution in [0, 0.1) is 59.2 Å². The molecule has 0 bridgehead atoms. The Morgan fingerprint density at radius 2 is 0.892 bits per heavy atom. The highest BCUT2D eigenvalue weighted by Gasteiger charge is 2.52. The molecule has 0 aliphatic carbocycles. The molecule has 2 N–H and O–H groups in total. The highest BCUT2D eigenvalue weighted by atomic mass is 19.3. The number of alkyl halides is 4. The summed E-state index contributed by atoms with van der Waals surface area (Å²) in [6.07, 6.45) is -11.4. The summed E-state index contributed by atoms with van der Waals surface area (Å²) >= 11 is 0. The van der Waals surface area contributed by atoms with Gasteiger partial charge >= 0.3 is 12.2 Å². The molecule has 1 unspecified atom stereocenters. The number of aliphatic hydroxyl groups excluding tert-OH is 1. The molecule has 2 saturated heterocycles. The number of carbonyl (C=O) groups is 11. The van der Waals surface area contributed by atoms with Crippen molar-refractivity contribution >= 4 is 64.6 Å². The third kappa shape index (κ3) is 22.5. The summed E-state index contributed by atoms with van der Waals surface area (Å²) in [7, 11) is 9.62. The zero-order valence-electron chi connectivity index (χ0n) is 60.2. The maximum absolute atomic E-state index is 15.3. The number of hydrogen-bond donors (Lipinski definition) is 2. The van der Waals surface area contributed by atoms with Gasteiger partial charge in [0.1, 0.15) is 36.3 Å². The van der Waals surface area contributed by atoms with E-state index in [-0.39, 0.29) is 62.7 Å². The van der Waals surface area contributed by atoms with Crippen LogP contribution in [0.15, 0.2) is 0 Å². The number of likely N-dealkylation sites (N-methyl/N-ethyl adjacent to an activating group) is 7. The normalized spacial score (nSPS) is 29.0. The molecule has 13 atom stereocenters. The van der Waals surface area contributed by atoms with Crippen LogP contribution in [0.25, 0.3) is 0 Å². The smallest absolute Gasteiger partial charge is 0.372 e. The van der Waals surface area contributed by atoms with Crippen LogP contribution in [0.3, 0.4) is 0 Å². The second-order valence-corrected chi connectivity index (χ2v) is 29.0. The van der Waals surface area contributed by atoms with Crippen LogP contribution >= 0.6 is 0 Å². The van der Waals surface area contributed by atoms with Crippen molar-refractivity contribution in [3.8, 4) is 0 Å². The van der Waals surface area contributed by atoms with E-state index in [4.69, 9.17) is 0 Å². The number of amides is 8. The van der Waals surface area contributed by atoms with Gasteiger partial charge in [0, 0.05) is 86.3 Å². The number of morpholine rings is 1. The van der Waals surface area contributed by atoms with E-state index in [1.165, 1.54) is 96.6 Å². The Kier molecular flexibility index (Phi) is 31.8. The molecular weight excluding hydrogens is 1210 g/mol. The summed E-state index contributed by atoms with van der Waals surface area (Å²) in [5.41, 5.74) is 0. The van der Waals surface area contributed by atoms with Crippen molar-refractivity contribution in [2.75, 3.05) is 69.0 Å². The van der Waals surface area contributed by atoms with E-state index < -0.39 is 199 Å². The number of ketones is 3. The van der Waals surface area contributed by atoms with Gasteiger partial charge in [-0.05, 0) is 93.9 Å². The zero-order chi connectivity index (χ0) is 72.1. The minimum Gasteiger partial charge on any atom is -0.390 e. The van der Waals surface area contributed by atoms with Crippen molar-refractivity contribution in [2.24, 2.45) is 59.2 Å². The number of nitrogens with zero attached hydrogens (tertiary/aromatic N) is 8. The van der Waals surface area contributed by atoms with E-state index >= 15 is 14.4 Å². The molecule has 2 rings (SSSR count). The monoisotopic (exact) mass is 1330 g/mol. The first kappa shape index (κ1) is 83.5. The minimum absolute atomic E-state index is 0.0116. The lowest BCUT2D eigenvalue weighted by atomic mass is 9.84. The van der Waals surface area contributed by atoms with E-state index in [0.29, 0.717) is 0 Å². The lowest BCUT2D eigenvalue weighted by Gasteiger charge is -2.42. The molecule has 2 heterocycles. The molecule has 0 aromatic rings. The van der Waals surface area contributed by atoms with Crippen molar-refractivity contribution in [3.05, 3.63) is 0 Å². The SMILES string of the molecule is CC[C@H]1CC(=O)[C@@H]([C@H](O)[C@H](C)CCN2CC(F)(F)OC(F)(F)C2)N(C)C(=O)[C@@H](C(C)C)N(C)C(=O)[C@@H](CC(C)C)N(C)C(=O)C(C(C)C)N(C)C(=O)[C@H](C)NC(=O)[C@@H](C)CC(=O)[C@@H](CC(C)C)N(C)C(=O)[C@@H](C(C)C)CC(=O)[C@H](CC(C)C)N(C)C(=O)[C@@H](C)N(C)C1=O. The molecule has 2 aliphatic heterocycles. The number of hydrogen-bond acceptors (Lipinski definition) is 14. The summed E-state index contributed by atoms with van der Waals surface area (Å²) in [5, 5.41) is 15.1. The average Bonchev–Trinajstić information content (AvgIpc) is 0.869. The fraction of sp³-hybridized carbons (Fsp3) is 0.836. The van der Waals surface area contributed by atoms with E-state index in [0.717, 1.165) is 19.6 Å². The van der Waals surface area contributed by atoms with Crippen LogP contribution in [0.4, 0.5) is 17.6 Å². The Hall–Kier alpha value is -5.63. The first-order chi connectivity index (χ1) is 42.6. The Balaban J connectivity index is 3.01. The summed E-state index contributed by atoms with van der Waals surface area (Å²) in [6.45, 7) is 25.9. The summed E-state index contributed by atoms with van der Waals surface area (Å²) in [5.74, 6) is -13.7. The molecule has 2 aliphatic rings. The summed E-state index contributed by atoms with van der Waals surface area (Å²) in [4.78, 5) is 171. The quantitative estimate of drug-likeness (QED) is 0.167. The van der Waals surface area contributed by atoms with Gasteiger partial charge in [-0.2, -0.15) is 17.6 Å². The van der Waals surface area contributed by atoms with Gasteiger partial charge in [0.25, 0.3) is 0 Å². The Bertz CT molecular complexity index is 2590. The van der Waals surface area contributed by atoms with Gasteiger partial charge in [0.15, 0.2) is 17.3 Å². The van der Waals surface area contributed by atoms with E-state index in [9.17, 15) is 61.0 Å². The number of Topliss-reactive ketones (excluding diaryl/α,β-unsaturated/α-hetero) is 3. The topological polar surface area (TPSA) is 255 Å². The number of nitrogens with one attached hydrogen (secondary N) is 1. The van der Waals surface area contributed by atoms with Crippen LogP contribution < -0.4 is 5.32 Å². The van der Waals surface area contributed by atoms with Crippen LogP contribution in [-0.4, -0.2) is 245 Å². The van der Waals surface area contributed by atoms with E-state index in [1.807, 2.05) is 41.5 Å². The second kappa shape index (κ2) is 35.4.